The molecule has 0 aromatic heterocycles. The smallest absolute Gasteiger partial charge is 0.309 e. The van der Waals surface area contributed by atoms with Gasteiger partial charge in [-0.3, -0.25) is 24.1 Å². The molecule has 1 spiro atoms. The van der Waals surface area contributed by atoms with Gasteiger partial charge in [0.25, 0.3) is 11.8 Å². The number of halogens is 1. The number of likely N-dealkylation sites (tertiary alicyclic amines) is 2. The summed E-state index contributed by atoms with van der Waals surface area (Å²) in [5.74, 6) is -0.515. The van der Waals surface area contributed by atoms with E-state index in [-0.39, 0.29) is 36.2 Å². The molecular formula is C31H36ClN3O7. The van der Waals surface area contributed by atoms with E-state index in [1.54, 1.807) is 77.3 Å². The fourth-order valence-corrected chi connectivity index (χ4v) is 6.29. The maximum Gasteiger partial charge on any atom is 0.309 e. The van der Waals surface area contributed by atoms with Crippen molar-refractivity contribution in [3.05, 3.63) is 64.7 Å². The number of esters is 1. The Hall–Kier alpha value is -3.63. The second-order valence-corrected chi connectivity index (χ2v) is 11.3. The minimum atomic E-state index is -1.04. The zero-order valence-electron chi connectivity index (χ0n) is 23.9. The number of amides is 3. The normalized spacial score (nSPS) is 20.5. The van der Waals surface area contributed by atoms with Crippen LogP contribution in [0.25, 0.3) is 0 Å². The highest BCUT2D eigenvalue weighted by atomic mass is 35.5. The summed E-state index contributed by atoms with van der Waals surface area (Å²) in [7, 11) is 1.55. The number of methoxy groups -OCH3 is 1. The molecule has 0 bridgehead atoms. The van der Waals surface area contributed by atoms with E-state index in [2.05, 4.69) is 0 Å². The molecule has 3 saturated heterocycles. The monoisotopic (exact) mass is 597 g/mol. The minimum Gasteiger partial charge on any atom is -0.497 e. The fraction of sp³-hybridized carbons (Fsp3) is 0.484. The number of benzene rings is 2. The van der Waals surface area contributed by atoms with Gasteiger partial charge in [-0.2, -0.15) is 0 Å². The van der Waals surface area contributed by atoms with Crippen molar-refractivity contribution in [2.24, 2.45) is 5.92 Å². The highest BCUT2D eigenvalue weighted by molar-refractivity contribution is 6.31. The maximum atomic E-state index is 14.1. The molecular weight excluding hydrogens is 562 g/mol. The van der Waals surface area contributed by atoms with E-state index >= 15 is 0 Å². The van der Waals surface area contributed by atoms with Crippen LogP contribution >= 0.6 is 11.6 Å². The Morgan fingerprint density at radius 1 is 0.929 bits per heavy atom. The molecule has 3 aliphatic rings. The Labute approximate surface area is 250 Å². The van der Waals surface area contributed by atoms with Crippen molar-refractivity contribution in [1.29, 1.82) is 0 Å². The van der Waals surface area contributed by atoms with E-state index in [0.717, 1.165) is 0 Å². The Morgan fingerprint density at radius 2 is 1.62 bits per heavy atom. The first-order chi connectivity index (χ1) is 20.3. The van der Waals surface area contributed by atoms with Gasteiger partial charge in [-0.25, -0.2) is 0 Å². The first-order valence-corrected chi connectivity index (χ1v) is 14.8. The van der Waals surface area contributed by atoms with Gasteiger partial charge in [0.05, 0.1) is 26.2 Å². The van der Waals surface area contributed by atoms with E-state index in [0.29, 0.717) is 80.4 Å². The van der Waals surface area contributed by atoms with Crippen LogP contribution in [0.1, 0.15) is 53.3 Å². The van der Waals surface area contributed by atoms with Gasteiger partial charge >= 0.3 is 5.97 Å². The van der Waals surface area contributed by atoms with Crippen molar-refractivity contribution in [3.8, 4) is 5.75 Å². The Kier molecular flexibility index (Phi) is 9.03. The summed E-state index contributed by atoms with van der Waals surface area (Å²) in [6.07, 6.45) is 1.73. The molecule has 224 valence electrons. The highest BCUT2D eigenvalue weighted by Crippen LogP contribution is 2.40. The quantitative estimate of drug-likeness (QED) is 0.468. The predicted octanol–water partition coefficient (Wildman–Crippen LogP) is 3.62. The third-order valence-corrected chi connectivity index (χ3v) is 8.67. The van der Waals surface area contributed by atoms with Crippen molar-refractivity contribution >= 4 is 35.3 Å². The molecule has 3 amide bonds. The van der Waals surface area contributed by atoms with Gasteiger partial charge < -0.3 is 24.0 Å². The summed E-state index contributed by atoms with van der Waals surface area (Å²) in [5, 5.41) is 0.484. The zero-order chi connectivity index (χ0) is 29.9. The molecule has 3 heterocycles. The van der Waals surface area contributed by atoms with Gasteiger partial charge in [-0.05, 0) is 62.2 Å². The lowest BCUT2D eigenvalue weighted by atomic mass is 9.94. The van der Waals surface area contributed by atoms with Crippen LogP contribution in [0.5, 0.6) is 5.75 Å². The molecule has 11 heteroatoms. The number of piperidine rings is 2. The first kappa shape index (κ1) is 29.8. The second-order valence-electron chi connectivity index (χ2n) is 10.8. The molecule has 1 atom stereocenters. The van der Waals surface area contributed by atoms with Crippen LogP contribution in [0.3, 0.4) is 0 Å². The number of ether oxygens (including phenoxy) is 3. The topological polar surface area (TPSA) is 106 Å². The van der Waals surface area contributed by atoms with Crippen LogP contribution in [0, 0.1) is 5.92 Å². The number of nitrogens with zero attached hydrogens (tertiary/aromatic N) is 3. The second kappa shape index (κ2) is 12.7. The third-order valence-electron chi connectivity index (χ3n) is 8.43. The molecule has 1 unspecified atom stereocenters. The maximum absolute atomic E-state index is 14.1. The standard InChI is InChI=1S/C31H36ClN3O7/c1-3-41-30(39)22-11-15-33(16-12-22)29(38)26-20-42-31(35(26)28(37)21-7-9-25(40-2)10-8-21)13-17-34(18-14-31)27(36)23-5-4-6-24(32)19-23/h4-10,19,22,26H,3,11-18,20H2,1-2H3. The molecule has 10 nitrogen and oxygen atoms in total. The van der Waals surface area contributed by atoms with Crippen molar-refractivity contribution in [2.45, 2.75) is 44.4 Å². The van der Waals surface area contributed by atoms with Crippen molar-refractivity contribution < 1.29 is 33.4 Å². The summed E-state index contributed by atoms with van der Waals surface area (Å²) in [4.78, 5) is 58.4. The van der Waals surface area contributed by atoms with Gasteiger partial charge in [0.2, 0.25) is 5.91 Å². The van der Waals surface area contributed by atoms with Gasteiger partial charge in [0.1, 0.15) is 17.5 Å². The van der Waals surface area contributed by atoms with Crippen LogP contribution < -0.4 is 4.74 Å². The van der Waals surface area contributed by atoms with Crippen molar-refractivity contribution in [3.63, 3.8) is 0 Å². The number of hydrogen-bond donors (Lipinski definition) is 0. The lowest BCUT2D eigenvalue weighted by molar-refractivity contribution is -0.152. The number of carbonyl (C=O) groups excluding carboxylic acids is 4. The average Bonchev–Trinajstić information content (AvgIpc) is 3.38. The fourth-order valence-electron chi connectivity index (χ4n) is 6.10. The van der Waals surface area contributed by atoms with E-state index in [4.69, 9.17) is 25.8 Å². The summed E-state index contributed by atoms with van der Waals surface area (Å²) >= 11 is 6.10. The van der Waals surface area contributed by atoms with Crippen LogP contribution in [0.15, 0.2) is 48.5 Å². The summed E-state index contributed by atoms with van der Waals surface area (Å²) < 4.78 is 16.8. The molecule has 0 radical (unpaired) electrons. The lowest BCUT2D eigenvalue weighted by Crippen LogP contribution is -2.60. The number of hydrogen-bond acceptors (Lipinski definition) is 7. The Balaban J connectivity index is 1.35. The summed E-state index contributed by atoms with van der Waals surface area (Å²) in [6.45, 7) is 3.66. The molecule has 0 N–H and O–H groups in total. The van der Waals surface area contributed by atoms with Crippen molar-refractivity contribution in [1.82, 2.24) is 14.7 Å². The molecule has 0 aliphatic carbocycles. The van der Waals surface area contributed by atoms with E-state index < -0.39 is 11.8 Å². The molecule has 0 saturated carbocycles. The van der Waals surface area contributed by atoms with Crippen LogP contribution in [-0.4, -0.2) is 96.7 Å². The molecule has 2 aromatic rings. The Morgan fingerprint density at radius 3 is 2.24 bits per heavy atom. The van der Waals surface area contributed by atoms with Crippen LogP contribution in [-0.2, 0) is 19.1 Å². The van der Waals surface area contributed by atoms with Crippen LogP contribution in [0.4, 0.5) is 0 Å². The number of rotatable bonds is 6. The summed E-state index contributed by atoms with van der Waals surface area (Å²) in [6, 6.07) is 12.8. The molecule has 3 aliphatic heterocycles. The van der Waals surface area contributed by atoms with Gasteiger partial charge in [0, 0.05) is 55.2 Å². The van der Waals surface area contributed by atoms with E-state index in [9.17, 15) is 19.2 Å². The number of carbonyl (C=O) groups is 4. The lowest BCUT2D eigenvalue weighted by Gasteiger charge is -2.45. The largest absolute Gasteiger partial charge is 0.497 e. The van der Waals surface area contributed by atoms with Gasteiger partial charge in [-0.15, -0.1) is 0 Å². The highest BCUT2D eigenvalue weighted by Gasteiger charge is 2.55. The van der Waals surface area contributed by atoms with Crippen molar-refractivity contribution in [2.75, 3.05) is 46.5 Å². The molecule has 42 heavy (non-hydrogen) atoms. The van der Waals surface area contributed by atoms with Gasteiger partial charge in [-0.1, -0.05) is 17.7 Å². The minimum absolute atomic E-state index is 0.0563. The van der Waals surface area contributed by atoms with Gasteiger partial charge in [0.15, 0.2) is 0 Å². The molecule has 5 rings (SSSR count). The zero-order valence-corrected chi connectivity index (χ0v) is 24.7. The Bertz CT molecular complexity index is 1320. The summed E-state index contributed by atoms with van der Waals surface area (Å²) in [5.41, 5.74) is -0.126. The molecule has 3 fully saturated rings. The van der Waals surface area contributed by atoms with E-state index in [1.165, 1.54) is 0 Å². The predicted molar refractivity (Wildman–Crippen MR) is 154 cm³/mol. The SMILES string of the molecule is CCOC(=O)C1CCN(C(=O)C2COC3(CCN(C(=O)c4cccc(Cl)c4)CC3)N2C(=O)c2ccc(OC)cc2)CC1. The van der Waals surface area contributed by atoms with Crippen LogP contribution in [0.2, 0.25) is 5.02 Å². The first-order valence-electron chi connectivity index (χ1n) is 14.4. The molecule has 2 aromatic carbocycles. The van der Waals surface area contributed by atoms with E-state index in [1.807, 2.05) is 0 Å². The third kappa shape index (κ3) is 5.96. The average molecular weight is 598 g/mol.